The topological polar surface area (TPSA) is 104 Å². The average molecular weight is 577 g/mol. The van der Waals surface area contributed by atoms with Gasteiger partial charge in [0, 0.05) is 99.2 Å². The Hall–Kier alpha value is -4.45. The van der Waals surface area contributed by atoms with Crippen LogP contribution in [0, 0.1) is 11.6 Å². The number of likely N-dealkylation sites (tertiary alicyclic amines) is 1. The molecule has 0 saturated carbocycles. The molecule has 12 heteroatoms. The number of alkyl halides is 1. The molecule has 1 aromatic carbocycles. The van der Waals surface area contributed by atoms with Crippen LogP contribution in [0.15, 0.2) is 35.5 Å². The van der Waals surface area contributed by atoms with Crippen molar-refractivity contribution in [1.82, 2.24) is 19.4 Å². The second-order valence-electron chi connectivity index (χ2n) is 11.4. The Bertz CT molecular complexity index is 1910. The molecule has 2 saturated heterocycles. The van der Waals surface area contributed by atoms with Crippen LogP contribution in [-0.4, -0.2) is 76.0 Å². The SMILES string of the molecule is CNc1cc(F)c(F)c2c1Cc1ncc(-c3cnc4c(c3)c(=O)c(C(=O)O)cn4C)c(N3CCC4(F)CN(C)CC34)c1-2. The van der Waals surface area contributed by atoms with E-state index in [2.05, 4.69) is 15.3 Å². The minimum Gasteiger partial charge on any atom is -0.477 e. The summed E-state index contributed by atoms with van der Waals surface area (Å²) in [7, 11) is 5.08. The van der Waals surface area contributed by atoms with E-state index < -0.39 is 40.3 Å². The van der Waals surface area contributed by atoms with Crippen LogP contribution in [0.1, 0.15) is 28.0 Å². The van der Waals surface area contributed by atoms with E-state index in [9.17, 15) is 19.1 Å². The monoisotopic (exact) mass is 576 g/mol. The van der Waals surface area contributed by atoms with Gasteiger partial charge in [0.25, 0.3) is 0 Å². The van der Waals surface area contributed by atoms with Gasteiger partial charge >= 0.3 is 5.97 Å². The van der Waals surface area contributed by atoms with Gasteiger partial charge in [-0.25, -0.2) is 22.9 Å². The zero-order valence-corrected chi connectivity index (χ0v) is 23.1. The van der Waals surface area contributed by atoms with Gasteiger partial charge in [-0.1, -0.05) is 0 Å². The van der Waals surface area contributed by atoms with Crippen molar-refractivity contribution in [2.45, 2.75) is 24.6 Å². The highest BCUT2D eigenvalue weighted by Gasteiger charge is 2.54. The van der Waals surface area contributed by atoms with Gasteiger partial charge in [0.1, 0.15) is 16.9 Å². The number of benzene rings is 1. The summed E-state index contributed by atoms with van der Waals surface area (Å²) in [6.45, 7) is 1.03. The van der Waals surface area contributed by atoms with Crippen molar-refractivity contribution in [3.8, 4) is 22.3 Å². The largest absolute Gasteiger partial charge is 0.477 e. The number of hydrogen-bond donors (Lipinski definition) is 2. The lowest BCUT2D eigenvalue weighted by atomic mass is 9.95. The van der Waals surface area contributed by atoms with Gasteiger partial charge in [-0.15, -0.1) is 0 Å². The Labute approximate surface area is 238 Å². The lowest BCUT2D eigenvalue weighted by molar-refractivity contribution is 0.0695. The molecular weight excluding hydrogens is 549 g/mol. The minimum atomic E-state index is -1.49. The number of aryl methyl sites for hydroxylation is 1. The molecule has 7 rings (SSSR count). The number of aromatic carboxylic acids is 1. The third-order valence-corrected chi connectivity index (χ3v) is 8.92. The number of hydrogen-bond acceptors (Lipinski definition) is 7. The fraction of sp³-hybridized carbons (Fsp3) is 0.333. The molecule has 4 aromatic rings. The summed E-state index contributed by atoms with van der Waals surface area (Å²) in [5.41, 5.74) is 1.08. The first-order chi connectivity index (χ1) is 20.0. The number of carboxylic acid groups (broad SMARTS) is 1. The summed E-state index contributed by atoms with van der Waals surface area (Å²) < 4.78 is 48.3. The van der Waals surface area contributed by atoms with Crippen molar-refractivity contribution in [1.29, 1.82) is 0 Å². The highest BCUT2D eigenvalue weighted by atomic mass is 19.2. The van der Waals surface area contributed by atoms with Gasteiger partial charge in [-0.2, -0.15) is 0 Å². The Balaban J connectivity index is 1.53. The van der Waals surface area contributed by atoms with Crippen molar-refractivity contribution in [2.24, 2.45) is 7.05 Å². The molecule has 0 bridgehead atoms. The van der Waals surface area contributed by atoms with Crippen molar-refractivity contribution in [2.75, 3.05) is 43.9 Å². The van der Waals surface area contributed by atoms with Gasteiger partial charge in [-0.05, 0) is 18.7 Å². The predicted octanol–water partition coefficient (Wildman–Crippen LogP) is 3.82. The maximum absolute atomic E-state index is 16.2. The Kier molecular flexibility index (Phi) is 5.68. The van der Waals surface area contributed by atoms with Gasteiger partial charge < -0.3 is 24.8 Å². The molecule has 2 N–H and O–H groups in total. The predicted molar refractivity (Wildman–Crippen MR) is 152 cm³/mol. The number of halogens is 3. The van der Waals surface area contributed by atoms with Crippen molar-refractivity contribution < 1.29 is 23.1 Å². The summed E-state index contributed by atoms with van der Waals surface area (Å²) in [5.74, 6) is -3.38. The molecule has 216 valence electrons. The smallest absolute Gasteiger partial charge is 0.341 e. The Morgan fingerprint density at radius 2 is 1.95 bits per heavy atom. The van der Waals surface area contributed by atoms with E-state index in [0.29, 0.717) is 52.4 Å². The van der Waals surface area contributed by atoms with E-state index in [-0.39, 0.29) is 36.0 Å². The summed E-state index contributed by atoms with van der Waals surface area (Å²) in [6.07, 6.45) is 4.86. The molecule has 42 heavy (non-hydrogen) atoms. The number of fused-ring (bicyclic) bond motifs is 5. The first-order valence-corrected chi connectivity index (χ1v) is 13.6. The van der Waals surface area contributed by atoms with Crippen LogP contribution in [0.3, 0.4) is 0 Å². The van der Waals surface area contributed by atoms with Crippen LogP contribution < -0.4 is 15.6 Å². The molecule has 3 aliphatic rings. The van der Waals surface area contributed by atoms with Crippen LogP contribution in [0.2, 0.25) is 0 Å². The van der Waals surface area contributed by atoms with Gasteiger partial charge in [0.2, 0.25) is 5.43 Å². The van der Waals surface area contributed by atoms with Crippen LogP contribution in [0.25, 0.3) is 33.3 Å². The Morgan fingerprint density at radius 3 is 2.69 bits per heavy atom. The first kappa shape index (κ1) is 26.4. The summed E-state index contributed by atoms with van der Waals surface area (Å²) in [6, 6.07) is 2.12. The fourth-order valence-corrected chi connectivity index (χ4v) is 7.04. The first-order valence-electron chi connectivity index (χ1n) is 13.6. The highest BCUT2D eigenvalue weighted by molar-refractivity contribution is 5.99. The summed E-state index contributed by atoms with van der Waals surface area (Å²) in [5, 5.41) is 12.6. The molecule has 9 nitrogen and oxygen atoms in total. The molecular formula is C30H27F3N6O3. The quantitative estimate of drug-likeness (QED) is 0.333. The number of likely N-dealkylation sites (N-methyl/N-ethyl adjacent to an activating group) is 1. The fourth-order valence-electron chi connectivity index (χ4n) is 7.04. The van der Waals surface area contributed by atoms with Gasteiger partial charge in [0.05, 0.1) is 22.8 Å². The maximum atomic E-state index is 16.2. The Morgan fingerprint density at radius 1 is 1.17 bits per heavy atom. The number of pyridine rings is 3. The van der Waals surface area contributed by atoms with Crippen LogP contribution in [-0.2, 0) is 13.5 Å². The van der Waals surface area contributed by atoms with Crippen molar-refractivity contribution in [3.05, 3.63) is 69.4 Å². The van der Waals surface area contributed by atoms with Crippen LogP contribution in [0.5, 0.6) is 0 Å². The molecule has 0 radical (unpaired) electrons. The van der Waals surface area contributed by atoms with Crippen LogP contribution >= 0.6 is 0 Å². The van der Waals surface area contributed by atoms with E-state index in [0.717, 1.165) is 6.07 Å². The van der Waals surface area contributed by atoms with E-state index in [1.165, 1.54) is 17.0 Å². The van der Waals surface area contributed by atoms with Crippen LogP contribution in [0.4, 0.5) is 24.5 Å². The number of nitrogens with one attached hydrogen (secondary N) is 1. The molecule has 0 spiro atoms. The number of nitrogens with zero attached hydrogens (tertiary/aromatic N) is 5. The normalized spacial score (nSPS) is 21.1. The molecule has 3 aromatic heterocycles. The number of aromatic nitrogens is 3. The molecule has 2 unspecified atom stereocenters. The molecule has 1 aliphatic carbocycles. The van der Waals surface area contributed by atoms with Crippen molar-refractivity contribution >= 4 is 28.4 Å². The second-order valence-corrected chi connectivity index (χ2v) is 11.4. The standard InChI is InChI=1S/C30H27F3N6O3/c1-34-20-8-19(31)25(32)23-15(20)7-21-24(23)26(39-5-4-30(33)13-37(2)12-22(30)39)17(10-35-21)14-6-16-27(40)18(29(41)42)11-38(3)28(16)36-9-14/h6,8-11,22,34H,4-5,7,12-13H2,1-3H3,(H,41,42). The van der Waals surface area contributed by atoms with Gasteiger partial charge in [-0.3, -0.25) is 9.78 Å². The van der Waals surface area contributed by atoms with E-state index >= 15 is 8.78 Å². The number of carbonyl (C=O) groups is 1. The zero-order valence-electron chi connectivity index (χ0n) is 23.1. The summed E-state index contributed by atoms with van der Waals surface area (Å²) in [4.78, 5) is 37.9. The van der Waals surface area contributed by atoms with E-state index in [1.807, 2.05) is 16.8 Å². The van der Waals surface area contributed by atoms with Gasteiger partial charge in [0.15, 0.2) is 11.6 Å². The third kappa shape index (κ3) is 3.60. The van der Waals surface area contributed by atoms with Crippen molar-refractivity contribution in [3.63, 3.8) is 0 Å². The number of carboxylic acids is 1. The minimum absolute atomic E-state index is 0.0818. The number of rotatable bonds is 4. The lowest BCUT2D eigenvalue weighted by Gasteiger charge is -2.31. The molecule has 5 heterocycles. The zero-order chi connectivity index (χ0) is 29.7. The molecule has 0 amide bonds. The van der Waals surface area contributed by atoms with E-state index in [1.54, 1.807) is 26.4 Å². The number of anilines is 2. The molecule has 2 fully saturated rings. The van der Waals surface area contributed by atoms with E-state index in [4.69, 9.17) is 0 Å². The maximum Gasteiger partial charge on any atom is 0.341 e. The molecule has 2 atom stereocenters. The third-order valence-electron chi connectivity index (χ3n) is 8.92. The average Bonchev–Trinajstić information content (AvgIpc) is 3.59. The lowest BCUT2D eigenvalue weighted by Crippen LogP contribution is -2.41. The summed E-state index contributed by atoms with van der Waals surface area (Å²) >= 11 is 0. The highest BCUT2D eigenvalue weighted by Crippen LogP contribution is 2.53. The second kappa shape index (κ2) is 9.02. The molecule has 2 aliphatic heterocycles.